The molecule has 0 spiro atoms. The number of esters is 1. The zero-order chi connectivity index (χ0) is 16.9. The first kappa shape index (κ1) is 15.9. The van der Waals surface area contributed by atoms with Gasteiger partial charge in [0.15, 0.2) is 0 Å². The van der Waals surface area contributed by atoms with Crippen LogP contribution >= 0.6 is 0 Å². The van der Waals surface area contributed by atoms with Gasteiger partial charge in [0, 0.05) is 11.8 Å². The van der Waals surface area contributed by atoms with Crippen LogP contribution in [0, 0.1) is 5.82 Å². The zero-order valence-corrected chi connectivity index (χ0v) is 13.2. The summed E-state index contributed by atoms with van der Waals surface area (Å²) < 4.78 is 18.3. The molecule has 0 saturated carbocycles. The topological polar surface area (TPSA) is 39.2 Å². The molecule has 0 aliphatic carbocycles. The highest BCUT2D eigenvalue weighted by atomic mass is 19.1. The van der Waals surface area contributed by atoms with Gasteiger partial charge in [0.25, 0.3) is 0 Å². The minimum absolute atomic E-state index is 0.280. The van der Waals surface area contributed by atoms with Crippen molar-refractivity contribution in [3.8, 4) is 22.4 Å². The molecule has 24 heavy (non-hydrogen) atoms. The van der Waals surface area contributed by atoms with Crippen LogP contribution in [0.5, 0.6) is 0 Å². The molecule has 0 aliphatic heterocycles. The van der Waals surface area contributed by atoms with E-state index in [4.69, 9.17) is 4.74 Å². The molecule has 3 nitrogen and oxygen atoms in total. The van der Waals surface area contributed by atoms with Crippen molar-refractivity contribution in [3.05, 3.63) is 78.2 Å². The molecule has 0 unspecified atom stereocenters. The van der Waals surface area contributed by atoms with E-state index < -0.39 is 5.97 Å². The molecule has 4 heteroatoms. The molecule has 0 radical (unpaired) electrons. The molecule has 0 atom stereocenters. The largest absolute Gasteiger partial charge is 0.462 e. The van der Waals surface area contributed by atoms with Crippen LogP contribution < -0.4 is 0 Å². The van der Waals surface area contributed by atoms with Gasteiger partial charge in [0.2, 0.25) is 0 Å². The van der Waals surface area contributed by atoms with Gasteiger partial charge < -0.3 is 4.74 Å². The van der Waals surface area contributed by atoms with E-state index in [0.717, 1.165) is 16.8 Å². The van der Waals surface area contributed by atoms with E-state index in [1.807, 2.05) is 36.4 Å². The van der Waals surface area contributed by atoms with Crippen LogP contribution in [0.4, 0.5) is 4.39 Å². The van der Waals surface area contributed by atoms with Gasteiger partial charge in [0.05, 0.1) is 17.9 Å². The van der Waals surface area contributed by atoms with E-state index in [2.05, 4.69) is 4.98 Å². The van der Waals surface area contributed by atoms with Crippen LogP contribution in [0.15, 0.2) is 66.9 Å². The van der Waals surface area contributed by atoms with Crippen molar-refractivity contribution < 1.29 is 13.9 Å². The van der Waals surface area contributed by atoms with Gasteiger partial charge in [-0.15, -0.1) is 0 Å². The maximum Gasteiger partial charge on any atom is 0.340 e. The number of hydrogen-bond donors (Lipinski definition) is 0. The van der Waals surface area contributed by atoms with Crippen molar-refractivity contribution in [1.82, 2.24) is 4.98 Å². The van der Waals surface area contributed by atoms with Gasteiger partial charge in [-0.25, -0.2) is 9.18 Å². The summed E-state index contributed by atoms with van der Waals surface area (Å²) in [6, 6.07) is 17.5. The molecular weight excluding hydrogens is 305 g/mol. The Morgan fingerprint density at radius 1 is 1.04 bits per heavy atom. The average Bonchev–Trinajstić information content (AvgIpc) is 2.63. The number of benzene rings is 2. The second-order valence-corrected chi connectivity index (χ2v) is 5.21. The fourth-order valence-electron chi connectivity index (χ4n) is 2.46. The second kappa shape index (κ2) is 7.04. The molecule has 2 aromatic carbocycles. The van der Waals surface area contributed by atoms with E-state index in [1.54, 1.807) is 19.1 Å². The van der Waals surface area contributed by atoms with Gasteiger partial charge in [0.1, 0.15) is 5.82 Å². The van der Waals surface area contributed by atoms with Crippen LogP contribution in [0.25, 0.3) is 22.4 Å². The normalized spacial score (nSPS) is 10.4. The van der Waals surface area contributed by atoms with E-state index in [9.17, 15) is 9.18 Å². The molecular formula is C20H16FNO2. The predicted octanol–water partition coefficient (Wildman–Crippen LogP) is 4.73. The minimum atomic E-state index is -0.441. The van der Waals surface area contributed by atoms with Crippen molar-refractivity contribution in [2.75, 3.05) is 6.61 Å². The summed E-state index contributed by atoms with van der Waals surface area (Å²) in [4.78, 5) is 16.6. The van der Waals surface area contributed by atoms with Crippen molar-refractivity contribution in [2.24, 2.45) is 0 Å². The smallest absolute Gasteiger partial charge is 0.340 e. The van der Waals surface area contributed by atoms with Gasteiger partial charge in [-0.2, -0.15) is 0 Å². The summed E-state index contributed by atoms with van der Waals surface area (Å²) in [5.74, 6) is -0.766. The van der Waals surface area contributed by atoms with Gasteiger partial charge in [-0.05, 0) is 36.2 Å². The molecule has 0 fully saturated rings. The Morgan fingerprint density at radius 3 is 2.42 bits per heavy atom. The Balaban J connectivity index is 2.13. The van der Waals surface area contributed by atoms with Gasteiger partial charge in [-0.3, -0.25) is 4.98 Å². The zero-order valence-electron chi connectivity index (χ0n) is 13.2. The Morgan fingerprint density at radius 2 is 1.75 bits per heavy atom. The molecule has 3 aromatic rings. The first-order valence-corrected chi connectivity index (χ1v) is 7.67. The fourth-order valence-corrected chi connectivity index (χ4v) is 2.46. The maximum atomic E-state index is 13.2. The summed E-state index contributed by atoms with van der Waals surface area (Å²) in [5.41, 5.74) is 3.45. The first-order chi connectivity index (χ1) is 11.7. The third-order valence-electron chi connectivity index (χ3n) is 3.62. The standard InChI is InChI=1S/C20H16FNO2/c1-2-24-20(23)18-13-22-19(15-6-4-3-5-7-15)12-17(18)14-8-10-16(21)11-9-14/h3-13H,2H2,1H3. The molecule has 0 bridgehead atoms. The third kappa shape index (κ3) is 3.33. The van der Waals surface area contributed by atoms with Gasteiger partial charge in [-0.1, -0.05) is 42.5 Å². The van der Waals surface area contributed by atoms with Crippen molar-refractivity contribution in [1.29, 1.82) is 0 Å². The number of halogens is 1. The van der Waals surface area contributed by atoms with Crippen LogP contribution in [0.2, 0.25) is 0 Å². The summed E-state index contributed by atoms with van der Waals surface area (Å²) in [6.45, 7) is 2.03. The number of carbonyl (C=O) groups excluding carboxylic acids is 1. The summed E-state index contributed by atoms with van der Waals surface area (Å²) in [7, 11) is 0. The number of carbonyl (C=O) groups is 1. The average molecular weight is 321 g/mol. The molecule has 1 heterocycles. The highest BCUT2D eigenvalue weighted by Crippen LogP contribution is 2.28. The Labute approximate surface area is 139 Å². The lowest BCUT2D eigenvalue weighted by Crippen LogP contribution is -2.07. The number of pyridine rings is 1. The lowest BCUT2D eigenvalue weighted by atomic mass is 9.99. The van der Waals surface area contributed by atoms with Crippen LogP contribution in [0.1, 0.15) is 17.3 Å². The number of ether oxygens (including phenoxy) is 1. The van der Waals surface area contributed by atoms with E-state index in [0.29, 0.717) is 11.1 Å². The summed E-state index contributed by atoms with van der Waals surface area (Å²) in [6.07, 6.45) is 1.51. The SMILES string of the molecule is CCOC(=O)c1cnc(-c2ccccc2)cc1-c1ccc(F)cc1. The monoisotopic (exact) mass is 321 g/mol. The predicted molar refractivity (Wildman–Crippen MR) is 91.0 cm³/mol. The fraction of sp³-hybridized carbons (Fsp3) is 0.100. The highest BCUT2D eigenvalue weighted by Gasteiger charge is 2.16. The molecule has 0 aliphatic rings. The Bertz CT molecular complexity index is 845. The number of hydrogen-bond acceptors (Lipinski definition) is 3. The number of nitrogens with zero attached hydrogens (tertiary/aromatic N) is 1. The number of aromatic nitrogens is 1. The molecule has 1 aromatic heterocycles. The molecule has 0 N–H and O–H groups in total. The Kier molecular flexibility index (Phi) is 4.66. The maximum absolute atomic E-state index is 13.2. The lowest BCUT2D eigenvalue weighted by Gasteiger charge is -2.11. The lowest BCUT2D eigenvalue weighted by molar-refractivity contribution is 0.0527. The van der Waals surface area contributed by atoms with E-state index in [1.165, 1.54) is 18.3 Å². The van der Waals surface area contributed by atoms with Crippen molar-refractivity contribution >= 4 is 5.97 Å². The van der Waals surface area contributed by atoms with Crippen LogP contribution in [0.3, 0.4) is 0 Å². The molecule has 0 saturated heterocycles. The minimum Gasteiger partial charge on any atom is -0.462 e. The summed E-state index contributed by atoms with van der Waals surface area (Å²) >= 11 is 0. The molecule has 0 amide bonds. The second-order valence-electron chi connectivity index (χ2n) is 5.21. The van der Waals surface area contributed by atoms with Crippen molar-refractivity contribution in [3.63, 3.8) is 0 Å². The van der Waals surface area contributed by atoms with Crippen molar-refractivity contribution in [2.45, 2.75) is 6.92 Å². The van der Waals surface area contributed by atoms with Crippen LogP contribution in [-0.4, -0.2) is 17.6 Å². The summed E-state index contributed by atoms with van der Waals surface area (Å²) in [5, 5.41) is 0. The Hall–Kier alpha value is -3.01. The highest BCUT2D eigenvalue weighted by molar-refractivity contribution is 5.97. The molecule has 120 valence electrons. The van der Waals surface area contributed by atoms with E-state index in [-0.39, 0.29) is 12.4 Å². The van der Waals surface area contributed by atoms with E-state index >= 15 is 0 Å². The van der Waals surface area contributed by atoms with Crippen LogP contribution in [-0.2, 0) is 4.74 Å². The first-order valence-electron chi connectivity index (χ1n) is 7.67. The molecule has 3 rings (SSSR count). The quantitative estimate of drug-likeness (QED) is 0.652. The number of rotatable bonds is 4. The third-order valence-corrected chi connectivity index (χ3v) is 3.62. The van der Waals surface area contributed by atoms with Gasteiger partial charge >= 0.3 is 5.97 Å².